The molecule has 1 amide bonds. The van der Waals surface area contributed by atoms with Gasteiger partial charge in [-0.2, -0.15) is 0 Å². The highest BCUT2D eigenvalue weighted by Gasteiger charge is 2.26. The van der Waals surface area contributed by atoms with Gasteiger partial charge in [0.15, 0.2) is 5.65 Å². The van der Waals surface area contributed by atoms with Crippen molar-refractivity contribution in [3.05, 3.63) is 47.0 Å². The molecule has 0 atom stereocenters. The summed E-state index contributed by atoms with van der Waals surface area (Å²) in [6, 6.07) is 3.78. The van der Waals surface area contributed by atoms with Gasteiger partial charge in [-0.3, -0.25) is 13.8 Å². The number of aromatic nitrogens is 4. The number of nitrogens with two attached hydrogens (primary N) is 2. The van der Waals surface area contributed by atoms with Crippen molar-refractivity contribution in [3.63, 3.8) is 0 Å². The minimum Gasteiger partial charge on any atom is -0.496 e. The number of fused-ring (bicyclic) bond motifs is 3. The number of aryl methyl sites for hydroxylation is 1. The number of hydrogen-bond donors (Lipinski definition) is 3. The molecule has 0 saturated heterocycles. The predicted molar refractivity (Wildman–Crippen MR) is 105 cm³/mol. The van der Waals surface area contributed by atoms with Crippen molar-refractivity contribution in [1.29, 1.82) is 0 Å². The summed E-state index contributed by atoms with van der Waals surface area (Å²) >= 11 is 0. The number of imidazole rings is 1. The van der Waals surface area contributed by atoms with Crippen LogP contribution in [0.5, 0.6) is 5.75 Å². The Bertz CT molecular complexity index is 1250. The molecule has 9 heteroatoms. The number of aliphatic hydroxyl groups excluding tert-OH is 1. The van der Waals surface area contributed by atoms with Crippen molar-refractivity contribution in [2.24, 2.45) is 5.73 Å². The molecule has 28 heavy (non-hydrogen) atoms. The molecule has 0 unspecified atom stereocenters. The van der Waals surface area contributed by atoms with Crippen LogP contribution >= 0.6 is 0 Å². The fourth-order valence-electron chi connectivity index (χ4n) is 3.71. The lowest BCUT2D eigenvalue weighted by atomic mass is 10.1. The van der Waals surface area contributed by atoms with Gasteiger partial charge < -0.3 is 21.3 Å². The Hall–Kier alpha value is -3.59. The molecule has 144 valence electrons. The zero-order valence-electron chi connectivity index (χ0n) is 15.7. The summed E-state index contributed by atoms with van der Waals surface area (Å²) in [6.07, 6.45) is 3.07. The molecule has 1 aromatic carbocycles. The number of primary amides is 1. The molecule has 0 spiro atoms. The Labute approximate surface area is 160 Å². The Morgan fingerprint density at radius 2 is 2.00 bits per heavy atom. The molecule has 9 nitrogen and oxygen atoms in total. The van der Waals surface area contributed by atoms with Crippen molar-refractivity contribution in [2.45, 2.75) is 20.5 Å². The van der Waals surface area contributed by atoms with Gasteiger partial charge in [-0.15, -0.1) is 0 Å². The van der Waals surface area contributed by atoms with Gasteiger partial charge in [-0.05, 0) is 25.5 Å². The summed E-state index contributed by atoms with van der Waals surface area (Å²) in [5.74, 6) is 0.186. The molecular formula is C19H20N6O3. The Morgan fingerprint density at radius 3 is 2.64 bits per heavy atom. The summed E-state index contributed by atoms with van der Waals surface area (Å²) < 4.78 is 8.77. The van der Waals surface area contributed by atoms with Crippen molar-refractivity contribution in [3.8, 4) is 11.4 Å². The van der Waals surface area contributed by atoms with E-state index in [-0.39, 0.29) is 18.0 Å². The molecule has 4 rings (SSSR count). The van der Waals surface area contributed by atoms with Gasteiger partial charge in [-0.25, -0.2) is 9.97 Å². The highest BCUT2D eigenvalue weighted by Crippen LogP contribution is 2.37. The lowest BCUT2D eigenvalue weighted by Crippen LogP contribution is -2.14. The second-order valence-corrected chi connectivity index (χ2v) is 6.56. The predicted octanol–water partition coefficient (Wildman–Crippen LogP) is 1.47. The van der Waals surface area contributed by atoms with E-state index in [1.165, 1.54) is 6.20 Å². The molecule has 0 aliphatic rings. The van der Waals surface area contributed by atoms with Gasteiger partial charge >= 0.3 is 0 Å². The topological polar surface area (TPSA) is 134 Å². The van der Waals surface area contributed by atoms with E-state index in [0.29, 0.717) is 28.1 Å². The third-order valence-electron chi connectivity index (χ3n) is 5.01. The van der Waals surface area contributed by atoms with E-state index in [1.54, 1.807) is 22.4 Å². The summed E-state index contributed by atoms with van der Waals surface area (Å²) in [6.45, 7) is 3.63. The third-order valence-corrected chi connectivity index (χ3v) is 5.01. The third kappa shape index (κ3) is 2.26. The molecule has 3 aromatic heterocycles. The number of nitrogens with zero attached hydrogens (tertiary/aromatic N) is 4. The number of ether oxygens (including phenoxy) is 1. The minimum atomic E-state index is -0.678. The first-order valence-corrected chi connectivity index (χ1v) is 8.60. The van der Waals surface area contributed by atoms with Gasteiger partial charge in [-0.1, -0.05) is 6.07 Å². The first-order valence-electron chi connectivity index (χ1n) is 8.60. The SMILES string of the molecule is COc1ccc(C)c(-n2c(N)c(C(N)=O)c3c2ncn2c(CO)cnc32)c1C. The first-order chi connectivity index (χ1) is 13.4. The Morgan fingerprint density at radius 1 is 1.25 bits per heavy atom. The maximum absolute atomic E-state index is 12.3. The Kier molecular flexibility index (Phi) is 3.97. The molecule has 5 N–H and O–H groups in total. The second-order valence-electron chi connectivity index (χ2n) is 6.56. The van der Waals surface area contributed by atoms with Gasteiger partial charge in [0, 0.05) is 5.56 Å². The molecule has 0 saturated carbocycles. The summed E-state index contributed by atoms with van der Waals surface area (Å²) in [4.78, 5) is 21.1. The van der Waals surface area contributed by atoms with E-state index in [1.807, 2.05) is 26.0 Å². The molecule has 4 aromatic rings. The van der Waals surface area contributed by atoms with Crippen LogP contribution in [0.3, 0.4) is 0 Å². The van der Waals surface area contributed by atoms with Gasteiger partial charge in [0.1, 0.15) is 23.5 Å². The van der Waals surface area contributed by atoms with Crippen molar-refractivity contribution in [1.82, 2.24) is 18.9 Å². The van der Waals surface area contributed by atoms with Crippen LogP contribution in [0, 0.1) is 13.8 Å². The van der Waals surface area contributed by atoms with Gasteiger partial charge in [0.2, 0.25) is 0 Å². The number of hydrogen-bond acceptors (Lipinski definition) is 6. The monoisotopic (exact) mass is 380 g/mol. The second kappa shape index (κ2) is 6.24. The van der Waals surface area contributed by atoms with E-state index in [4.69, 9.17) is 16.2 Å². The van der Waals surface area contributed by atoms with E-state index >= 15 is 0 Å². The smallest absolute Gasteiger partial charge is 0.253 e. The average molecular weight is 380 g/mol. The van der Waals surface area contributed by atoms with Crippen LogP contribution in [0.4, 0.5) is 5.82 Å². The van der Waals surface area contributed by atoms with E-state index in [2.05, 4.69) is 9.97 Å². The minimum absolute atomic E-state index is 0.143. The van der Waals surface area contributed by atoms with Crippen LogP contribution in [-0.4, -0.2) is 37.1 Å². The van der Waals surface area contributed by atoms with Crippen LogP contribution in [-0.2, 0) is 6.61 Å². The molecular weight excluding hydrogens is 360 g/mol. The summed E-state index contributed by atoms with van der Waals surface area (Å²) in [5, 5.41) is 9.96. The maximum atomic E-state index is 12.3. The largest absolute Gasteiger partial charge is 0.496 e. The lowest BCUT2D eigenvalue weighted by molar-refractivity contribution is 0.100. The van der Waals surface area contributed by atoms with E-state index < -0.39 is 5.91 Å². The van der Waals surface area contributed by atoms with Crippen LogP contribution in [0.25, 0.3) is 22.4 Å². The van der Waals surface area contributed by atoms with E-state index in [0.717, 1.165) is 16.8 Å². The van der Waals surface area contributed by atoms with Crippen LogP contribution in [0.2, 0.25) is 0 Å². The first kappa shape index (κ1) is 17.8. The molecule has 0 bridgehead atoms. The normalized spacial score (nSPS) is 11.4. The average Bonchev–Trinajstić information content (AvgIpc) is 3.20. The van der Waals surface area contributed by atoms with Crippen LogP contribution < -0.4 is 16.2 Å². The number of aliphatic hydroxyl groups is 1. The molecule has 0 radical (unpaired) electrons. The fraction of sp³-hybridized carbons (Fsp3) is 0.211. The molecule has 0 aliphatic carbocycles. The number of carbonyl (C=O) groups is 1. The quantitative estimate of drug-likeness (QED) is 0.491. The fourth-order valence-corrected chi connectivity index (χ4v) is 3.71. The van der Waals surface area contributed by atoms with Crippen molar-refractivity contribution >= 4 is 28.4 Å². The zero-order valence-corrected chi connectivity index (χ0v) is 15.7. The highest BCUT2D eigenvalue weighted by molar-refractivity contribution is 6.15. The number of carbonyl (C=O) groups excluding carboxylic acids is 1. The van der Waals surface area contributed by atoms with Gasteiger partial charge in [0.25, 0.3) is 5.91 Å². The number of nitrogen functional groups attached to an aromatic ring is 1. The number of anilines is 1. The highest BCUT2D eigenvalue weighted by atomic mass is 16.5. The van der Waals surface area contributed by atoms with Crippen molar-refractivity contribution < 1.29 is 14.6 Å². The maximum Gasteiger partial charge on any atom is 0.253 e. The van der Waals surface area contributed by atoms with Crippen molar-refractivity contribution in [2.75, 3.05) is 12.8 Å². The van der Waals surface area contributed by atoms with Gasteiger partial charge in [0.05, 0.1) is 42.2 Å². The molecule has 3 heterocycles. The zero-order chi connectivity index (χ0) is 20.2. The number of rotatable bonds is 4. The summed E-state index contributed by atoms with van der Waals surface area (Å²) in [5.41, 5.74) is 16.2. The number of amides is 1. The number of benzene rings is 1. The number of methoxy groups -OCH3 is 1. The Balaban J connectivity index is 2.21. The lowest BCUT2D eigenvalue weighted by Gasteiger charge is -2.16. The van der Waals surface area contributed by atoms with Crippen LogP contribution in [0.1, 0.15) is 27.2 Å². The van der Waals surface area contributed by atoms with E-state index in [9.17, 15) is 9.90 Å². The summed E-state index contributed by atoms with van der Waals surface area (Å²) in [7, 11) is 1.59. The van der Waals surface area contributed by atoms with Crippen LogP contribution in [0.15, 0.2) is 24.7 Å². The standard InChI is InChI=1S/C19H20N6O3/c1-9-4-5-12(28-3)10(2)15(9)25-16(20)13(17(21)27)14-18-22-6-11(7-26)24(18)8-23-19(14)25/h4-6,8,26H,7,20H2,1-3H3,(H2,21,27). The molecule has 0 fully saturated rings. The molecule has 0 aliphatic heterocycles.